The van der Waals surface area contributed by atoms with Crippen molar-refractivity contribution in [3.8, 4) is 0 Å². The van der Waals surface area contributed by atoms with Gasteiger partial charge in [0.2, 0.25) is 0 Å². The maximum absolute atomic E-state index is 12.1. The first-order chi connectivity index (χ1) is 8.58. The number of ketones is 1. The summed E-state index contributed by atoms with van der Waals surface area (Å²) in [5.74, 6) is -0.446. The van der Waals surface area contributed by atoms with Crippen molar-refractivity contribution in [2.24, 2.45) is 5.41 Å². The second kappa shape index (κ2) is 4.92. The van der Waals surface area contributed by atoms with Crippen molar-refractivity contribution in [2.45, 2.75) is 39.2 Å². The fraction of sp³-hybridized carbons (Fsp3) is 0.467. The molecule has 0 N–H and O–H groups in total. The molecular formula is C15H18O3. The zero-order chi connectivity index (χ0) is 13.2. The monoisotopic (exact) mass is 246 g/mol. The number of hydrogen-bond acceptors (Lipinski definition) is 3. The van der Waals surface area contributed by atoms with Crippen LogP contribution in [0.5, 0.6) is 0 Å². The normalized spacial score (nSPS) is 27.0. The Labute approximate surface area is 107 Å². The number of carbonyl (C=O) groups excluding carboxylic acids is 2. The van der Waals surface area contributed by atoms with Crippen LogP contribution in [0.1, 0.15) is 32.3 Å². The number of Topliss-reactive ketones (excluding diaryl/α,β-unsaturated/α-hetero) is 1. The minimum absolute atomic E-state index is 0.0905. The Morgan fingerprint density at radius 1 is 1.39 bits per heavy atom. The molecule has 96 valence electrons. The molecule has 1 fully saturated rings. The third-order valence-corrected chi connectivity index (χ3v) is 3.72. The van der Waals surface area contributed by atoms with Gasteiger partial charge in [-0.05, 0) is 25.3 Å². The molecule has 2 atom stereocenters. The molecule has 1 aromatic rings. The van der Waals surface area contributed by atoms with E-state index in [4.69, 9.17) is 4.74 Å². The molecule has 3 nitrogen and oxygen atoms in total. The lowest BCUT2D eigenvalue weighted by Crippen LogP contribution is -2.36. The highest BCUT2D eigenvalue weighted by Crippen LogP contribution is 2.39. The van der Waals surface area contributed by atoms with E-state index in [0.717, 1.165) is 12.0 Å². The van der Waals surface area contributed by atoms with Crippen LogP contribution in [-0.4, -0.2) is 17.9 Å². The van der Waals surface area contributed by atoms with E-state index in [1.807, 2.05) is 37.3 Å². The molecule has 3 heteroatoms. The van der Waals surface area contributed by atoms with E-state index >= 15 is 0 Å². The summed E-state index contributed by atoms with van der Waals surface area (Å²) < 4.78 is 5.30. The number of benzene rings is 1. The van der Waals surface area contributed by atoms with Crippen molar-refractivity contribution in [1.82, 2.24) is 0 Å². The highest BCUT2D eigenvalue weighted by Gasteiger charge is 2.52. The van der Waals surface area contributed by atoms with Crippen molar-refractivity contribution in [1.29, 1.82) is 0 Å². The Balaban J connectivity index is 2.29. The van der Waals surface area contributed by atoms with Gasteiger partial charge in [-0.15, -0.1) is 0 Å². The van der Waals surface area contributed by atoms with Gasteiger partial charge in [0.15, 0.2) is 0 Å². The molecular weight excluding hydrogens is 228 g/mol. The second-order valence-corrected chi connectivity index (χ2v) is 4.94. The zero-order valence-corrected chi connectivity index (χ0v) is 10.8. The molecule has 0 aromatic heterocycles. The van der Waals surface area contributed by atoms with Crippen LogP contribution in [0.15, 0.2) is 30.3 Å². The van der Waals surface area contributed by atoms with Crippen LogP contribution >= 0.6 is 0 Å². The number of rotatable bonds is 4. The predicted octanol–water partition coefficient (Wildman–Crippen LogP) is 2.53. The van der Waals surface area contributed by atoms with Crippen LogP contribution < -0.4 is 0 Å². The van der Waals surface area contributed by atoms with Crippen LogP contribution in [0.3, 0.4) is 0 Å². The van der Waals surface area contributed by atoms with Crippen molar-refractivity contribution in [2.75, 3.05) is 0 Å². The molecule has 1 saturated heterocycles. The summed E-state index contributed by atoms with van der Waals surface area (Å²) >= 11 is 0. The molecule has 1 aliphatic rings. The molecule has 1 heterocycles. The molecule has 0 aliphatic carbocycles. The van der Waals surface area contributed by atoms with Gasteiger partial charge < -0.3 is 4.74 Å². The number of esters is 1. The third-order valence-electron chi connectivity index (χ3n) is 3.72. The molecule has 2 rings (SSSR count). The van der Waals surface area contributed by atoms with Crippen LogP contribution in [0, 0.1) is 5.41 Å². The summed E-state index contributed by atoms with van der Waals surface area (Å²) in [4.78, 5) is 24.0. The lowest BCUT2D eigenvalue weighted by atomic mass is 9.75. The Bertz CT molecular complexity index is 452. The van der Waals surface area contributed by atoms with E-state index in [-0.39, 0.29) is 17.9 Å². The molecule has 1 aliphatic heterocycles. The number of cyclic esters (lactones) is 1. The molecule has 1 aromatic carbocycles. The van der Waals surface area contributed by atoms with Crippen LogP contribution in [-0.2, 0) is 20.7 Å². The van der Waals surface area contributed by atoms with E-state index < -0.39 is 5.41 Å². The lowest BCUT2D eigenvalue weighted by molar-refractivity contribution is -0.152. The maximum atomic E-state index is 12.1. The Morgan fingerprint density at radius 3 is 2.56 bits per heavy atom. The van der Waals surface area contributed by atoms with Crippen LogP contribution in [0.2, 0.25) is 0 Å². The first kappa shape index (κ1) is 12.8. The standard InChI is InChI=1S/C15H18O3/c1-3-13-10-15(11(2)16,14(17)18-13)9-12-7-5-4-6-8-12/h4-8,13H,3,9-10H2,1-2H3/t13-,15+/m0/s1. The fourth-order valence-electron chi connectivity index (χ4n) is 2.51. The summed E-state index contributed by atoms with van der Waals surface area (Å²) in [5, 5.41) is 0. The average Bonchev–Trinajstić information content (AvgIpc) is 2.69. The van der Waals surface area contributed by atoms with E-state index in [2.05, 4.69) is 0 Å². The maximum Gasteiger partial charge on any atom is 0.320 e. The molecule has 0 amide bonds. The van der Waals surface area contributed by atoms with Crippen molar-refractivity contribution >= 4 is 11.8 Å². The van der Waals surface area contributed by atoms with E-state index in [1.54, 1.807) is 0 Å². The second-order valence-electron chi connectivity index (χ2n) is 4.94. The SMILES string of the molecule is CC[C@H]1C[C@](Cc2ccccc2)(C(C)=O)C(=O)O1. The number of carbonyl (C=O) groups is 2. The van der Waals surface area contributed by atoms with Gasteiger partial charge in [-0.3, -0.25) is 9.59 Å². The van der Waals surface area contributed by atoms with Gasteiger partial charge in [0, 0.05) is 6.42 Å². The Morgan fingerprint density at radius 2 is 2.06 bits per heavy atom. The van der Waals surface area contributed by atoms with E-state index in [1.165, 1.54) is 6.92 Å². The molecule has 18 heavy (non-hydrogen) atoms. The van der Waals surface area contributed by atoms with Gasteiger partial charge in [0.05, 0.1) is 0 Å². The van der Waals surface area contributed by atoms with E-state index in [0.29, 0.717) is 12.8 Å². The summed E-state index contributed by atoms with van der Waals surface area (Å²) in [5.41, 5.74) is 0.0311. The summed E-state index contributed by atoms with van der Waals surface area (Å²) in [6.45, 7) is 3.46. The first-order valence-corrected chi connectivity index (χ1v) is 6.34. The van der Waals surface area contributed by atoms with Gasteiger partial charge in [-0.1, -0.05) is 37.3 Å². The van der Waals surface area contributed by atoms with Crippen molar-refractivity contribution in [3.63, 3.8) is 0 Å². The average molecular weight is 246 g/mol. The lowest BCUT2D eigenvalue weighted by Gasteiger charge is -2.21. The van der Waals surface area contributed by atoms with Gasteiger partial charge in [0.25, 0.3) is 0 Å². The topological polar surface area (TPSA) is 43.4 Å². The Hall–Kier alpha value is -1.64. The largest absolute Gasteiger partial charge is 0.462 e. The smallest absolute Gasteiger partial charge is 0.320 e. The Kier molecular flexibility index (Phi) is 3.50. The van der Waals surface area contributed by atoms with Gasteiger partial charge in [0.1, 0.15) is 17.3 Å². The predicted molar refractivity (Wildman–Crippen MR) is 68.0 cm³/mol. The molecule has 0 bridgehead atoms. The van der Waals surface area contributed by atoms with Gasteiger partial charge in [-0.25, -0.2) is 0 Å². The molecule has 0 saturated carbocycles. The number of hydrogen-bond donors (Lipinski definition) is 0. The molecule has 0 radical (unpaired) electrons. The molecule has 0 spiro atoms. The number of ether oxygens (including phenoxy) is 1. The van der Waals surface area contributed by atoms with E-state index in [9.17, 15) is 9.59 Å². The summed E-state index contributed by atoms with van der Waals surface area (Å²) in [6, 6.07) is 9.64. The highest BCUT2D eigenvalue weighted by atomic mass is 16.6. The van der Waals surface area contributed by atoms with Gasteiger partial charge >= 0.3 is 5.97 Å². The third kappa shape index (κ3) is 2.17. The van der Waals surface area contributed by atoms with Crippen LogP contribution in [0.25, 0.3) is 0 Å². The van der Waals surface area contributed by atoms with Crippen molar-refractivity contribution < 1.29 is 14.3 Å². The van der Waals surface area contributed by atoms with Gasteiger partial charge in [-0.2, -0.15) is 0 Å². The van der Waals surface area contributed by atoms with Crippen molar-refractivity contribution in [3.05, 3.63) is 35.9 Å². The minimum Gasteiger partial charge on any atom is -0.462 e. The van der Waals surface area contributed by atoms with Crippen LogP contribution in [0.4, 0.5) is 0 Å². The minimum atomic E-state index is -0.970. The summed E-state index contributed by atoms with van der Waals surface area (Å²) in [7, 11) is 0. The summed E-state index contributed by atoms with van der Waals surface area (Å²) in [6.07, 6.45) is 1.59. The molecule has 0 unspecified atom stereocenters. The fourth-order valence-corrected chi connectivity index (χ4v) is 2.51. The first-order valence-electron chi connectivity index (χ1n) is 6.34. The highest BCUT2D eigenvalue weighted by molar-refractivity contribution is 6.04. The zero-order valence-electron chi connectivity index (χ0n) is 10.8. The quantitative estimate of drug-likeness (QED) is 0.605.